The van der Waals surface area contributed by atoms with Gasteiger partial charge in [0.1, 0.15) is 0 Å². The summed E-state index contributed by atoms with van der Waals surface area (Å²) in [5, 5.41) is 0. The molecule has 7 heteroatoms. The van der Waals surface area contributed by atoms with E-state index in [9.17, 15) is 13.2 Å². The molecule has 1 saturated heterocycles. The fraction of sp³-hybridized carbons (Fsp3) is 0.269. The zero-order valence-corrected chi connectivity index (χ0v) is 19.6. The van der Waals surface area contributed by atoms with E-state index < -0.39 is 10.0 Å². The number of carbonyl (C=O) groups is 1. The third-order valence-electron chi connectivity index (χ3n) is 5.90. The Morgan fingerprint density at radius 2 is 1.42 bits per heavy atom. The molecule has 0 N–H and O–H groups in total. The fourth-order valence-electron chi connectivity index (χ4n) is 4.08. The van der Waals surface area contributed by atoms with Gasteiger partial charge >= 0.3 is 0 Å². The van der Waals surface area contributed by atoms with E-state index in [0.717, 1.165) is 11.1 Å². The summed E-state index contributed by atoms with van der Waals surface area (Å²) in [6, 6.07) is 26.2. The normalized spacial score (nSPS) is 15.3. The minimum Gasteiger partial charge on any atom is -0.337 e. The van der Waals surface area contributed by atoms with Crippen molar-refractivity contribution in [1.29, 1.82) is 0 Å². The number of piperazine rings is 1. The number of hydrogen-bond acceptors (Lipinski definition) is 4. The first kappa shape index (κ1) is 23.2. The molecule has 0 unspecified atom stereocenters. The molecule has 1 aliphatic heterocycles. The minimum absolute atomic E-state index is 0.0144. The van der Waals surface area contributed by atoms with Crippen LogP contribution in [0.3, 0.4) is 0 Å². The Labute approximate surface area is 196 Å². The zero-order chi connectivity index (χ0) is 23.3. The Balaban J connectivity index is 1.35. The van der Waals surface area contributed by atoms with Gasteiger partial charge in [-0.3, -0.25) is 9.69 Å². The molecular formula is C26H29N3O3S. The second kappa shape index (κ2) is 10.3. The molecule has 6 nitrogen and oxygen atoms in total. The van der Waals surface area contributed by atoms with Gasteiger partial charge in [0.2, 0.25) is 10.0 Å². The monoisotopic (exact) mass is 463 g/mol. The summed E-state index contributed by atoms with van der Waals surface area (Å²) < 4.78 is 27.2. The average Bonchev–Trinajstić information content (AvgIpc) is 2.85. The van der Waals surface area contributed by atoms with Crippen LogP contribution in [-0.2, 0) is 23.1 Å². The maximum Gasteiger partial charge on any atom is 0.253 e. The number of carbonyl (C=O) groups excluding carboxylic acids is 1. The standard InChI is InChI=1S/C26H29N3O3S/c1-27(20-22-9-4-2-5-10-22)26(30)24-12-8-11-23(19-24)21-28-15-17-29(18-16-28)33(31,32)25-13-6-3-7-14-25/h2-14,19H,15-18,20-21H2,1H3. The molecule has 4 rings (SSSR count). The van der Waals surface area contributed by atoms with E-state index in [1.54, 1.807) is 33.5 Å². The molecule has 1 aliphatic rings. The van der Waals surface area contributed by atoms with Crippen LogP contribution in [0.2, 0.25) is 0 Å². The molecule has 0 aliphatic carbocycles. The zero-order valence-electron chi connectivity index (χ0n) is 18.8. The van der Waals surface area contributed by atoms with Crippen molar-refractivity contribution < 1.29 is 13.2 Å². The van der Waals surface area contributed by atoms with Crippen molar-refractivity contribution in [2.45, 2.75) is 18.0 Å². The maximum absolute atomic E-state index is 12.9. The van der Waals surface area contributed by atoms with Crippen molar-refractivity contribution in [3.63, 3.8) is 0 Å². The number of nitrogens with zero attached hydrogens (tertiary/aromatic N) is 3. The van der Waals surface area contributed by atoms with Crippen molar-refractivity contribution in [3.8, 4) is 0 Å². The van der Waals surface area contributed by atoms with Gasteiger partial charge in [0.25, 0.3) is 5.91 Å². The summed E-state index contributed by atoms with van der Waals surface area (Å²) in [5.74, 6) is -0.0144. The summed E-state index contributed by atoms with van der Waals surface area (Å²) in [4.78, 5) is 17.2. The van der Waals surface area contributed by atoms with Gasteiger partial charge < -0.3 is 4.90 Å². The first-order valence-electron chi connectivity index (χ1n) is 11.1. The Morgan fingerprint density at radius 3 is 2.09 bits per heavy atom. The van der Waals surface area contributed by atoms with Crippen molar-refractivity contribution >= 4 is 15.9 Å². The third kappa shape index (κ3) is 5.68. The molecule has 3 aromatic rings. The summed E-state index contributed by atoms with van der Waals surface area (Å²) >= 11 is 0. The summed E-state index contributed by atoms with van der Waals surface area (Å²) in [6.07, 6.45) is 0. The molecule has 172 valence electrons. The molecule has 0 saturated carbocycles. The van der Waals surface area contributed by atoms with Crippen LogP contribution in [-0.4, -0.2) is 61.7 Å². The second-order valence-corrected chi connectivity index (χ2v) is 10.3. The maximum atomic E-state index is 12.9. The second-order valence-electron chi connectivity index (χ2n) is 8.34. The molecule has 0 atom stereocenters. The van der Waals surface area contributed by atoms with Gasteiger partial charge in [0, 0.05) is 51.9 Å². The van der Waals surface area contributed by atoms with Crippen LogP contribution in [0, 0.1) is 0 Å². The van der Waals surface area contributed by atoms with Gasteiger partial charge in [-0.05, 0) is 35.4 Å². The highest BCUT2D eigenvalue weighted by atomic mass is 32.2. The molecule has 1 fully saturated rings. The summed E-state index contributed by atoms with van der Waals surface area (Å²) in [5.41, 5.74) is 2.80. The highest BCUT2D eigenvalue weighted by molar-refractivity contribution is 7.89. The first-order valence-corrected chi connectivity index (χ1v) is 12.5. The third-order valence-corrected chi connectivity index (χ3v) is 7.81. The van der Waals surface area contributed by atoms with Crippen LogP contribution in [0.1, 0.15) is 21.5 Å². The number of rotatable bonds is 7. The Morgan fingerprint density at radius 1 is 0.818 bits per heavy atom. The van der Waals surface area contributed by atoms with Gasteiger partial charge in [0.15, 0.2) is 0 Å². The molecule has 1 heterocycles. The van der Waals surface area contributed by atoms with E-state index >= 15 is 0 Å². The van der Waals surface area contributed by atoms with Gasteiger partial charge in [-0.2, -0.15) is 4.31 Å². The van der Waals surface area contributed by atoms with E-state index in [0.29, 0.717) is 49.7 Å². The van der Waals surface area contributed by atoms with E-state index in [1.165, 1.54) is 0 Å². The first-order chi connectivity index (χ1) is 15.9. The highest BCUT2D eigenvalue weighted by Crippen LogP contribution is 2.19. The molecular weight excluding hydrogens is 434 g/mol. The van der Waals surface area contributed by atoms with Crippen LogP contribution in [0.15, 0.2) is 89.8 Å². The van der Waals surface area contributed by atoms with E-state index in [4.69, 9.17) is 0 Å². The van der Waals surface area contributed by atoms with E-state index in [2.05, 4.69) is 4.90 Å². The van der Waals surface area contributed by atoms with Gasteiger partial charge in [-0.25, -0.2) is 8.42 Å². The number of sulfonamides is 1. The Hall–Kier alpha value is -3.00. The van der Waals surface area contributed by atoms with E-state index in [1.807, 2.05) is 67.7 Å². The van der Waals surface area contributed by atoms with Crippen LogP contribution >= 0.6 is 0 Å². The van der Waals surface area contributed by atoms with Gasteiger partial charge in [0.05, 0.1) is 4.90 Å². The Bertz CT molecular complexity index is 1180. The van der Waals surface area contributed by atoms with Gasteiger partial charge in [-0.1, -0.05) is 60.7 Å². The van der Waals surface area contributed by atoms with Crippen molar-refractivity contribution in [3.05, 3.63) is 102 Å². The smallest absolute Gasteiger partial charge is 0.253 e. The lowest BCUT2D eigenvalue weighted by Gasteiger charge is -2.34. The fourth-order valence-corrected chi connectivity index (χ4v) is 5.52. The van der Waals surface area contributed by atoms with E-state index in [-0.39, 0.29) is 5.91 Å². The predicted octanol–water partition coefficient (Wildman–Crippen LogP) is 3.47. The molecule has 0 radical (unpaired) electrons. The summed E-state index contributed by atoms with van der Waals surface area (Å²) in [7, 11) is -1.64. The summed E-state index contributed by atoms with van der Waals surface area (Å²) in [6.45, 7) is 3.45. The number of hydrogen-bond donors (Lipinski definition) is 0. The minimum atomic E-state index is -3.46. The number of benzene rings is 3. The van der Waals surface area contributed by atoms with Crippen LogP contribution in [0.5, 0.6) is 0 Å². The van der Waals surface area contributed by atoms with Crippen LogP contribution in [0.4, 0.5) is 0 Å². The largest absolute Gasteiger partial charge is 0.337 e. The lowest BCUT2D eigenvalue weighted by molar-refractivity contribution is 0.0785. The molecule has 33 heavy (non-hydrogen) atoms. The average molecular weight is 464 g/mol. The molecule has 3 aromatic carbocycles. The number of amides is 1. The van der Waals surface area contributed by atoms with Gasteiger partial charge in [-0.15, -0.1) is 0 Å². The van der Waals surface area contributed by atoms with Crippen LogP contribution < -0.4 is 0 Å². The highest BCUT2D eigenvalue weighted by Gasteiger charge is 2.28. The van der Waals surface area contributed by atoms with Crippen LogP contribution in [0.25, 0.3) is 0 Å². The molecule has 0 bridgehead atoms. The molecule has 0 aromatic heterocycles. The molecule has 1 amide bonds. The topological polar surface area (TPSA) is 60.9 Å². The predicted molar refractivity (Wildman–Crippen MR) is 129 cm³/mol. The van der Waals surface area contributed by atoms with Crippen molar-refractivity contribution in [2.24, 2.45) is 0 Å². The van der Waals surface area contributed by atoms with Crippen molar-refractivity contribution in [2.75, 3.05) is 33.2 Å². The molecule has 0 spiro atoms. The Kier molecular flexibility index (Phi) is 7.23. The lowest BCUT2D eigenvalue weighted by atomic mass is 10.1. The quantitative estimate of drug-likeness (QED) is 0.538. The lowest BCUT2D eigenvalue weighted by Crippen LogP contribution is -2.48. The van der Waals surface area contributed by atoms with Crippen molar-refractivity contribution in [1.82, 2.24) is 14.1 Å². The SMILES string of the molecule is CN(Cc1ccccc1)C(=O)c1cccc(CN2CCN(S(=O)(=O)c3ccccc3)CC2)c1.